The van der Waals surface area contributed by atoms with E-state index >= 15 is 0 Å². The molecule has 0 aliphatic carbocycles. The average molecular weight is 343 g/mol. The second kappa shape index (κ2) is 6.70. The molecule has 1 saturated heterocycles. The molecule has 22 heavy (non-hydrogen) atoms. The molecule has 8 heteroatoms. The molecule has 120 valence electrons. The third-order valence-electron chi connectivity index (χ3n) is 3.62. The third kappa shape index (κ3) is 4.01. The number of amides is 1. The van der Waals surface area contributed by atoms with Crippen molar-refractivity contribution in [1.82, 2.24) is 4.90 Å². The molecular weight excluding hydrogens is 326 g/mol. The van der Waals surface area contributed by atoms with Crippen LogP contribution >= 0.6 is 11.8 Å². The van der Waals surface area contributed by atoms with E-state index in [9.17, 15) is 18.0 Å². The summed E-state index contributed by atoms with van der Waals surface area (Å²) < 4.78 is 22.9. The quantitative estimate of drug-likeness (QED) is 0.806. The van der Waals surface area contributed by atoms with Crippen molar-refractivity contribution < 1.29 is 23.1 Å². The van der Waals surface area contributed by atoms with Gasteiger partial charge in [0.15, 0.2) is 9.84 Å². The van der Waals surface area contributed by atoms with E-state index in [0.717, 1.165) is 11.8 Å². The molecule has 1 aliphatic heterocycles. The summed E-state index contributed by atoms with van der Waals surface area (Å²) in [4.78, 5) is 25.2. The van der Waals surface area contributed by atoms with Gasteiger partial charge in [0.1, 0.15) is 0 Å². The number of aromatic carboxylic acids is 1. The SMILES string of the molecule is CN(C(=O)CSc1ccccc1C(=O)O)[C@@H]1CCS(=O)(=O)C1. The summed E-state index contributed by atoms with van der Waals surface area (Å²) in [6.07, 6.45) is 0.459. The van der Waals surface area contributed by atoms with Crippen LogP contribution in [-0.4, -0.2) is 60.6 Å². The van der Waals surface area contributed by atoms with E-state index < -0.39 is 15.8 Å². The molecule has 1 fully saturated rings. The number of carbonyl (C=O) groups excluding carboxylic acids is 1. The van der Waals surface area contributed by atoms with E-state index in [1.807, 2.05) is 0 Å². The molecule has 0 aromatic heterocycles. The van der Waals surface area contributed by atoms with Gasteiger partial charge in [-0.25, -0.2) is 13.2 Å². The Hall–Kier alpha value is -1.54. The molecule has 2 rings (SSSR count). The van der Waals surface area contributed by atoms with Gasteiger partial charge in [0.2, 0.25) is 5.91 Å². The van der Waals surface area contributed by atoms with Crippen molar-refractivity contribution in [3.8, 4) is 0 Å². The fourth-order valence-electron chi connectivity index (χ4n) is 2.29. The number of carboxylic acids is 1. The highest BCUT2D eigenvalue weighted by Gasteiger charge is 2.32. The minimum Gasteiger partial charge on any atom is -0.478 e. The van der Waals surface area contributed by atoms with Gasteiger partial charge in [-0.15, -0.1) is 11.8 Å². The fourth-order valence-corrected chi connectivity index (χ4v) is 5.04. The third-order valence-corrected chi connectivity index (χ3v) is 6.43. The lowest BCUT2D eigenvalue weighted by Crippen LogP contribution is -2.38. The van der Waals surface area contributed by atoms with Crippen molar-refractivity contribution in [3.05, 3.63) is 29.8 Å². The Morgan fingerprint density at radius 2 is 2.05 bits per heavy atom. The molecule has 0 bridgehead atoms. The molecule has 1 aromatic rings. The number of nitrogens with zero attached hydrogens (tertiary/aromatic N) is 1. The number of benzene rings is 1. The van der Waals surface area contributed by atoms with E-state index in [4.69, 9.17) is 5.11 Å². The van der Waals surface area contributed by atoms with E-state index in [0.29, 0.717) is 11.3 Å². The number of thioether (sulfide) groups is 1. The van der Waals surface area contributed by atoms with Crippen LogP contribution in [0.15, 0.2) is 29.2 Å². The fraction of sp³-hybridized carbons (Fsp3) is 0.429. The number of carbonyl (C=O) groups is 2. The van der Waals surface area contributed by atoms with Crippen molar-refractivity contribution in [2.75, 3.05) is 24.3 Å². The van der Waals surface area contributed by atoms with E-state index in [1.165, 1.54) is 11.0 Å². The molecule has 0 radical (unpaired) electrons. The molecule has 1 N–H and O–H groups in total. The van der Waals surface area contributed by atoms with Gasteiger partial charge in [-0.2, -0.15) is 0 Å². The smallest absolute Gasteiger partial charge is 0.336 e. The molecule has 0 saturated carbocycles. The number of sulfone groups is 1. The van der Waals surface area contributed by atoms with Crippen molar-refractivity contribution in [2.45, 2.75) is 17.4 Å². The second-order valence-corrected chi connectivity index (χ2v) is 8.40. The number of rotatable bonds is 5. The highest BCUT2D eigenvalue weighted by atomic mass is 32.2. The van der Waals surface area contributed by atoms with Crippen LogP contribution < -0.4 is 0 Å². The van der Waals surface area contributed by atoms with E-state index in [1.54, 1.807) is 25.2 Å². The molecule has 0 unspecified atom stereocenters. The van der Waals surface area contributed by atoms with Gasteiger partial charge in [0.25, 0.3) is 0 Å². The first kappa shape index (κ1) is 16.8. The summed E-state index contributed by atoms with van der Waals surface area (Å²) in [6.45, 7) is 0. The summed E-state index contributed by atoms with van der Waals surface area (Å²) in [5.74, 6) is -1.04. The topological polar surface area (TPSA) is 91.8 Å². The maximum atomic E-state index is 12.2. The molecule has 1 amide bonds. The van der Waals surface area contributed by atoms with E-state index in [-0.39, 0.29) is 34.8 Å². The maximum absolute atomic E-state index is 12.2. The van der Waals surface area contributed by atoms with Crippen LogP contribution in [0, 0.1) is 0 Å². The first-order chi connectivity index (χ1) is 10.3. The zero-order valence-corrected chi connectivity index (χ0v) is 13.7. The number of hydrogen-bond acceptors (Lipinski definition) is 5. The van der Waals surface area contributed by atoms with Gasteiger partial charge >= 0.3 is 5.97 Å². The lowest BCUT2D eigenvalue weighted by molar-refractivity contribution is -0.128. The van der Waals surface area contributed by atoms with Crippen LogP contribution in [0.5, 0.6) is 0 Å². The molecular formula is C14H17NO5S2. The Morgan fingerprint density at radius 3 is 2.64 bits per heavy atom. The van der Waals surface area contributed by atoms with Gasteiger partial charge in [-0.05, 0) is 18.6 Å². The summed E-state index contributed by atoms with van der Waals surface area (Å²) in [5.41, 5.74) is 0.159. The molecule has 6 nitrogen and oxygen atoms in total. The minimum absolute atomic E-state index is 0.00557. The molecule has 1 heterocycles. The monoisotopic (exact) mass is 343 g/mol. The molecule has 1 aromatic carbocycles. The summed E-state index contributed by atoms with van der Waals surface area (Å²) in [7, 11) is -1.44. The van der Waals surface area contributed by atoms with E-state index in [2.05, 4.69) is 0 Å². The Bertz CT molecular complexity index is 686. The van der Waals surface area contributed by atoms with Crippen LogP contribution in [0.3, 0.4) is 0 Å². The van der Waals surface area contributed by atoms with Crippen LogP contribution in [0.1, 0.15) is 16.8 Å². The van der Waals surface area contributed by atoms with Crippen molar-refractivity contribution >= 4 is 33.5 Å². The van der Waals surface area contributed by atoms with Crippen LogP contribution in [0.4, 0.5) is 0 Å². The zero-order valence-electron chi connectivity index (χ0n) is 12.1. The largest absolute Gasteiger partial charge is 0.478 e. The van der Waals surface area contributed by atoms with Gasteiger partial charge in [0.05, 0.1) is 22.8 Å². The predicted molar refractivity (Wildman–Crippen MR) is 84.0 cm³/mol. The Labute approximate surface area is 133 Å². The highest BCUT2D eigenvalue weighted by molar-refractivity contribution is 8.00. The van der Waals surface area contributed by atoms with Crippen molar-refractivity contribution in [2.24, 2.45) is 0 Å². The summed E-state index contributed by atoms with van der Waals surface area (Å²) in [6, 6.07) is 6.20. The van der Waals surface area contributed by atoms with Gasteiger partial charge in [0, 0.05) is 18.0 Å². The van der Waals surface area contributed by atoms with Crippen LogP contribution in [-0.2, 0) is 14.6 Å². The predicted octanol–water partition coefficient (Wildman–Crippen LogP) is 1.12. The number of carboxylic acid groups (broad SMARTS) is 1. The zero-order chi connectivity index (χ0) is 16.3. The normalized spacial score (nSPS) is 19.8. The van der Waals surface area contributed by atoms with Crippen LogP contribution in [0.25, 0.3) is 0 Å². The average Bonchev–Trinajstić information content (AvgIpc) is 2.84. The van der Waals surface area contributed by atoms with Gasteiger partial charge in [-0.3, -0.25) is 4.79 Å². The lowest BCUT2D eigenvalue weighted by Gasteiger charge is -2.23. The minimum atomic E-state index is -3.04. The van der Waals surface area contributed by atoms with Crippen LogP contribution in [0.2, 0.25) is 0 Å². The van der Waals surface area contributed by atoms with Crippen molar-refractivity contribution in [1.29, 1.82) is 0 Å². The van der Waals surface area contributed by atoms with Crippen molar-refractivity contribution in [3.63, 3.8) is 0 Å². The number of hydrogen-bond donors (Lipinski definition) is 1. The first-order valence-electron chi connectivity index (χ1n) is 6.71. The lowest BCUT2D eigenvalue weighted by atomic mass is 10.2. The van der Waals surface area contributed by atoms with Gasteiger partial charge in [-0.1, -0.05) is 12.1 Å². The standard InChI is InChI=1S/C14H17NO5S2/c1-15(10-6-7-22(19,20)9-10)13(16)8-21-12-5-3-2-4-11(12)14(17)18/h2-5,10H,6-9H2,1H3,(H,17,18)/t10-/m1/s1. The Morgan fingerprint density at radius 1 is 1.36 bits per heavy atom. The highest BCUT2D eigenvalue weighted by Crippen LogP contribution is 2.24. The van der Waals surface area contributed by atoms with Gasteiger partial charge < -0.3 is 10.0 Å². The Kier molecular flexibility index (Phi) is 5.12. The first-order valence-corrected chi connectivity index (χ1v) is 9.52. The summed E-state index contributed by atoms with van der Waals surface area (Å²) >= 11 is 1.15. The maximum Gasteiger partial charge on any atom is 0.336 e. The summed E-state index contributed by atoms with van der Waals surface area (Å²) in [5, 5.41) is 9.09. The molecule has 1 atom stereocenters. The molecule has 1 aliphatic rings. The Balaban J connectivity index is 1.97. The molecule has 0 spiro atoms. The second-order valence-electron chi connectivity index (χ2n) is 5.15.